The van der Waals surface area contributed by atoms with Crippen molar-refractivity contribution in [2.45, 2.75) is 6.42 Å². The zero-order chi connectivity index (χ0) is 18.5. The molecule has 1 amide bonds. The Balaban J connectivity index is 1.32. The van der Waals surface area contributed by atoms with Crippen molar-refractivity contribution in [3.05, 3.63) is 60.4 Å². The number of nitrogens with zero attached hydrogens (tertiary/aromatic N) is 3. The molecule has 0 saturated carbocycles. The minimum atomic E-state index is -0.0163. The van der Waals surface area contributed by atoms with E-state index >= 15 is 0 Å². The molecule has 140 valence electrons. The van der Waals surface area contributed by atoms with E-state index in [1.54, 1.807) is 0 Å². The van der Waals surface area contributed by atoms with Gasteiger partial charge in [-0.15, -0.1) is 0 Å². The first kappa shape index (κ1) is 17.7. The first-order chi connectivity index (χ1) is 13.3. The lowest BCUT2D eigenvalue weighted by atomic mass is 10.2. The molecular formula is C21H25N5O. The third kappa shape index (κ3) is 4.18. The first-order valence-electron chi connectivity index (χ1n) is 9.55. The summed E-state index contributed by atoms with van der Waals surface area (Å²) in [4.78, 5) is 19.2. The quantitative estimate of drug-likeness (QED) is 0.658. The van der Waals surface area contributed by atoms with Crippen LogP contribution in [-0.2, 0) is 0 Å². The summed E-state index contributed by atoms with van der Waals surface area (Å²) in [6, 6.07) is 15.7. The van der Waals surface area contributed by atoms with Gasteiger partial charge >= 0.3 is 0 Å². The van der Waals surface area contributed by atoms with Crippen LogP contribution in [0.25, 0.3) is 16.7 Å². The van der Waals surface area contributed by atoms with Gasteiger partial charge in [0.25, 0.3) is 5.91 Å². The van der Waals surface area contributed by atoms with E-state index in [2.05, 4.69) is 20.5 Å². The Morgan fingerprint density at radius 2 is 1.85 bits per heavy atom. The van der Waals surface area contributed by atoms with Gasteiger partial charge in [-0.3, -0.25) is 9.36 Å². The Bertz CT molecular complexity index is 896. The van der Waals surface area contributed by atoms with Crippen LogP contribution in [0.1, 0.15) is 16.8 Å². The van der Waals surface area contributed by atoms with Crippen molar-refractivity contribution in [1.82, 2.24) is 25.1 Å². The summed E-state index contributed by atoms with van der Waals surface area (Å²) >= 11 is 0. The molecule has 1 aromatic heterocycles. The Hall–Kier alpha value is -2.70. The number of hydrogen-bond acceptors (Lipinski definition) is 4. The van der Waals surface area contributed by atoms with Gasteiger partial charge in [-0.1, -0.05) is 12.1 Å². The van der Waals surface area contributed by atoms with Gasteiger partial charge in [-0.2, -0.15) is 0 Å². The minimum absolute atomic E-state index is 0.0163. The molecule has 1 saturated heterocycles. The number of fused-ring (bicyclic) bond motifs is 1. The molecule has 0 atom stereocenters. The van der Waals surface area contributed by atoms with E-state index in [0.717, 1.165) is 55.9 Å². The number of carbonyl (C=O) groups is 1. The molecule has 4 rings (SSSR count). The maximum atomic E-state index is 12.4. The molecule has 1 fully saturated rings. The minimum Gasteiger partial charge on any atom is -0.352 e. The van der Waals surface area contributed by atoms with E-state index in [1.165, 1.54) is 0 Å². The van der Waals surface area contributed by atoms with Gasteiger partial charge in [-0.05, 0) is 49.4 Å². The Kier molecular flexibility index (Phi) is 5.46. The number of amides is 1. The molecule has 0 unspecified atom stereocenters. The molecule has 2 heterocycles. The van der Waals surface area contributed by atoms with Crippen LogP contribution in [0.15, 0.2) is 54.9 Å². The molecule has 1 aliphatic heterocycles. The lowest BCUT2D eigenvalue weighted by Crippen LogP contribution is -2.44. The van der Waals surface area contributed by atoms with E-state index < -0.39 is 0 Å². The van der Waals surface area contributed by atoms with Gasteiger partial charge in [0, 0.05) is 44.0 Å². The number of benzene rings is 2. The zero-order valence-corrected chi connectivity index (χ0v) is 15.4. The number of imidazole rings is 1. The predicted octanol–water partition coefficient (Wildman–Crippen LogP) is 2.05. The van der Waals surface area contributed by atoms with Crippen molar-refractivity contribution >= 4 is 16.9 Å². The third-order valence-electron chi connectivity index (χ3n) is 5.01. The summed E-state index contributed by atoms with van der Waals surface area (Å²) in [5.74, 6) is -0.0163. The van der Waals surface area contributed by atoms with E-state index in [9.17, 15) is 4.79 Å². The first-order valence-corrected chi connectivity index (χ1v) is 9.55. The van der Waals surface area contributed by atoms with Crippen LogP contribution in [0.2, 0.25) is 0 Å². The highest BCUT2D eigenvalue weighted by molar-refractivity contribution is 5.94. The lowest BCUT2D eigenvalue weighted by Gasteiger charge is -2.27. The highest BCUT2D eigenvalue weighted by atomic mass is 16.1. The van der Waals surface area contributed by atoms with E-state index in [0.29, 0.717) is 12.1 Å². The van der Waals surface area contributed by atoms with Gasteiger partial charge in [0.05, 0.1) is 11.0 Å². The predicted molar refractivity (Wildman–Crippen MR) is 107 cm³/mol. The van der Waals surface area contributed by atoms with Crippen molar-refractivity contribution in [1.29, 1.82) is 0 Å². The molecule has 0 spiro atoms. The second kappa shape index (κ2) is 8.33. The van der Waals surface area contributed by atoms with Crippen LogP contribution in [0.5, 0.6) is 0 Å². The number of aromatic nitrogens is 2. The zero-order valence-electron chi connectivity index (χ0n) is 15.4. The van der Waals surface area contributed by atoms with Crippen LogP contribution in [-0.4, -0.2) is 59.6 Å². The van der Waals surface area contributed by atoms with Crippen molar-refractivity contribution in [2.24, 2.45) is 0 Å². The number of nitrogens with one attached hydrogen (secondary N) is 2. The molecule has 0 radical (unpaired) electrons. The molecule has 0 bridgehead atoms. The molecule has 6 nitrogen and oxygen atoms in total. The highest BCUT2D eigenvalue weighted by Crippen LogP contribution is 2.18. The summed E-state index contributed by atoms with van der Waals surface area (Å²) < 4.78 is 2.03. The van der Waals surface area contributed by atoms with Gasteiger partial charge in [0.1, 0.15) is 6.33 Å². The van der Waals surface area contributed by atoms with Crippen LogP contribution in [0, 0.1) is 0 Å². The fourth-order valence-corrected chi connectivity index (χ4v) is 3.48. The second-order valence-electron chi connectivity index (χ2n) is 6.85. The normalized spacial score (nSPS) is 15.1. The molecule has 3 aromatic rings. The SMILES string of the molecule is O=C(NCCCN1CCNCC1)c1ccc(-n2cnc3ccccc32)cc1. The highest BCUT2D eigenvalue weighted by Gasteiger charge is 2.10. The molecule has 0 aliphatic carbocycles. The molecule has 2 aromatic carbocycles. The Labute approximate surface area is 159 Å². The van der Waals surface area contributed by atoms with E-state index in [-0.39, 0.29) is 5.91 Å². The topological polar surface area (TPSA) is 62.2 Å². The number of hydrogen-bond donors (Lipinski definition) is 2. The number of carbonyl (C=O) groups excluding carboxylic acids is 1. The number of piperazine rings is 1. The van der Waals surface area contributed by atoms with Crippen molar-refractivity contribution in [3.63, 3.8) is 0 Å². The lowest BCUT2D eigenvalue weighted by molar-refractivity contribution is 0.0951. The molecule has 27 heavy (non-hydrogen) atoms. The summed E-state index contributed by atoms with van der Waals surface area (Å²) in [7, 11) is 0. The standard InChI is InChI=1S/C21H25N5O/c27-21(23-10-3-13-25-14-11-22-12-15-25)17-6-8-18(9-7-17)26-16-24-19-4-1-2-5-20(19)26/h1-2,4-9,16,22H,3,10-15H2,(H,23,27). The number of rotatable bonds is 6. The Morgan fingerprint density at radius 3 is 2.67 bits per heavy atom. The van der Waals surface area contributed by atoms with Crippen LogP contribution in [0.3, 0.4) is 0 Å². The summed E-state index contributed by atoms with van der Waals surface area (Å²) in [6.45, 7) is 6.05. The summed E-state index contributed by atoms with van der Waals surface area (Å²) in [5.41, 5.74) is 3.70. The largest absolute Gasteiger partial charge is 0.352 e. The fourth-order valence-electron chi connectivity index (χ4n) is 3.48. The van der Waals surface area contributed by atoms with Crippen molar-refractivity contribution < 1.29 is 4.79 Å². The second-order valence-corrected chi connectivity index (χ2v) is 6.85. The molecule has 1 aliphatic rings. The van der Waals surface area contributed by atoms with Gasteiger partial charge in [-0.25, -0.2) is 4.98 Å². The van der Waals surface area contributed by atoms with Gasteiger partial charge < -0.3 is 15.5 Å². The summed E-state index contributed by atoms with van der Waals surface area (Å²) in [5, 5.41) is 6.37. The van der Waals surface area contributed by atoms with Gasteiger partial charge in [0.2, 0.25) is 0 Å². The average molecular weight is 363 g/mol. The maximum absolute atomic E-state index is 12.4. The Morgan fingerprint density at radius 1 is 1.07 bits per heavy atom. The summed E-state index contributed by atoms with van der Waals surface area (Å²) in [6.07, 6.45) is 2.79. The maximum Gasteiger partial charge on any atom is 0.251 e. The third-order valence-corrected chi connectivity index (χ3v) is 5.01. The van der Waals surface area contributed by atoms with Crippen molar-refractivity contribution in [3.8, 4) is 5.69 Å². The monoisotopic (exact) mass is 363 g/mol. The molecular weight excluding hydrogens is 338 g/mol. The van der Waals surface area contributed by atoms with Crippen molar-refractivity contribution in [2.75, 3.05) is 39.3 Å². The smallest absolute Gasteiger partial charge is 0.251 e. The number of para-hydroxylation sites is 2. The van der Waals surface area contributed by atoms with Gasteiger partial charge in [0.15, 0.2) is 0 Å². The molecule has 6 heteroatoms. The van der Waals surface area contributed by atoms with Crippen LogP contribution in [0.4, 0.5) is 0 Å². The molecule has 2 N–H and O–H groups in total. The van der Waals surface area contributed by atoms with Crippen LogP contribution < -0.4 is 10.6 Å². The average Bonchev–Trinajstić information content (AvgIpc) is 3.16. The van der Waals surface area contributed by atoms with E-state index in [4.69, 9.17) is 0 Å². The van der Waals surface area contributed by atoms with E-state index in [1.807, 2.05) is 59.4 Å². The van der Waals surface area contributed by atoms with Crippen LogP contribution >= 0.6 is 0 Å². The fraction of sp³-hybridized carbons (Fsp3) is 0.333.